The molecule has 0 radical (unpaired) electrons. The summed E-state index contributed by atoms with van der Waals surface area (Å²) < 4.78 is 0. The molecule has 1 aromatic carbocycles. The van der Waals surface area contributed by atoms with Crippen LogP contribution < -0.4 is 4.90 Å². The summed E-state index contributed by atoms with van der Waals surface area (Å²) in [6, 6.07) is 4.70. The second-order valence-corrected chi connectivity index (χ2v) is 3.88. The summed E-state index contributed by atoms with van der Waals surface area (Å²) in [6.07, 6.45) is 0. The first kappa shape index (κ1) is 12.8. The van der Waals surface area contributed by atoms with E-state index in [0.29, 0.717) is 0 Å². The summed E-state index contributed by atoms with van der Waals surface area (Å²) in [4.78, 5) is 23.0. The van der Waals surface area contributed by atoms with Gasteiger partial charge in [-0.2, -0.15) is 0 Å². The van der Waals surface area contributed by atoms with Crippen molar-refractivity contribution in [2.45, 2.75) is 6.92 Å². The average Bonchev–Trinajstić information content (AvgIpc) is 2.15. The third kappa shape index (κ3) is 2.87. The Balaban J connectivity index is 3.20. The Labute approximate surface area is 102 Å². The number of aliphatic carboxylic acids is 1. The van der Waals surface area contributed by atoms with Crippen LogP contribution in [0.3, 0.4) is 0 Å². The fourth-order valence-corrected chi connectivity index (χ4v) is 1.83. The number of nitrogens with zero attached hydrogens (tertiary/aromatic N) is 1. The smallest absolute Gasteiger partial charge is 0.323 e. The van der Waals surface area contributed by atoms with Gasteiger partial charge in [0.1, 0.15) is 6.54 Å². The van der Waals surface area contributed by atoms with Crippen LogP contribution in [0.4, 0.5) is 5.69 Å². The van der Waals surface area contributed by atoms with Gasteiger partial charge in [-0.3, -0.25) is 14.5 Å². The van der Waals surface area contributed by atoms with E-state index in [2.05, 4.69) is 0 Å². The van der Waals surface area contributed by atoms with Crippen molar-refractivity contribution in [3.63, 3.8) is 0 Å². The van der Waals surface area contributed by atoms with E-state index in [-0.39, 0.29) is 15.7 Å². The maximum atomic E-state index is 11.3. The van der Waals surface area contributed by atoms with E-state index < -0.39 is 18.4 Å². The first-order valence-corrected chi connectivity index (χ1v) is 5.13. The molecule has 0 aliphatic rings. The number of para-hydroxylation sites is 1. The van der Waals surface area contributed by atoms with Gasteiger partial charge >= 0.3 is 5.97 Å². The number of amides is 1. The minimum absolute atomic E-state index is 0.223. The molecule has 16 heavy (non-hydrogen) atoms. The predicted octanol–water partition coefficient (Wildman–Crippen LogP) is 2.43. The van der Waals surface area contributed by atoms with Gasteiger partial charge in [-0.05, 0) is 12.1 Å². The minimum atomic E-state index is -1.13. The highest BCUT2D eigenvalue weighted by Crippen LogP contribution is 2.33. The monoisotopic (exact) mass is 261 g/mol. The molecule has 6 heteroatoms. The SMILES string of the molecule is CC(=O)N(CC(=O)O)c1c(Cl)cccc1Cl. The van der Waals surface area contributed by atoms with E-state index in [1.54, 1.807) is 18.2 Å². The number of benzene rings is 1. The van der Waals surface area contributed by atoms with Crippen molar-refractivity contribution in [3.8, 4) is 0 Å². The second-order valence-electron chi connectivity index (χ2n) is 3.07. The minimum Gasteiger partial charge on any atom is -0.480 e. The van der Waals surface area contributed by atoms with Gasteiger partial charge in [0.25, 0.3) is 0 Å². The fourth-order valence-electron chi connectivity index (χ4n) is 1.23. The zero-order chi connectivity index (χ0) is 12.3. The Hall–Kier alpha value is -1.26. The first-order chi connectivity index (χ1) is 7.43. The number of hydrogen-bond acceptors (Lipinski definition) is 2. The standard InChI is InChI=1S/C10H9Cl2NO3/c1-6(14)13(5-9(15)16)10-7(11)3-2-4-8(10)12/h2-4H,5H2,1H3,(H,15,16). The van der Waals surface area contributed by atoms with Gasteiger partial charge in [-0.15, -0.1) is 0 Å². The molecule has 1 aromatic rings. The summed E-state index contributed by atoms with van der Waals surface area (Å²) in [5, 5.41) is 9.18. The lowest BCUT2D eigenvalue weighted by atomic mass is 10.2. The number of anilines is 1. The van der Waals surface area contributed by atoms with Crippen LogP contribution in [0.2, 0.25) is 10.0 Å². The van der Waals surface area contributed by atoms with Crippen LogP contribution >= 0.6 is 23.2 Å². The molecule has 0 heterocycles. The van der Waals surface area contributed by atoms with Crippen LogP contribution in [-0.2, 0) is 9.59 Å². The van der Waals surface area contributed by atoms with E-state index in [0.717, 1.165) is 4.90 Å². The van der Waals surface area contributed by atoms with Crippen LogP contribution in [0.25, 0.3) is 0 Å². The van der Waals surface area contributed by atoms with E-state index in [1.807, 2.05) is 0 Å². The van der Waals surface area contributed by atoms with Crippen molar-refractivity contribution >= 4 is 40.8 Å². The van der Waals surface area contributed by atoms with Crippen LogP contribution in [0, 0.1) is 0 Å². The van der Waals surface area contributed by atoms with Crippen LogP contribution in [0.1, 0.15) is 6.92 Å². The number of carboxylic acids is 1. The summed E-state index contributed by atoms with van der Waals surface area (Å²) in [5.74, 6) is -1.57. The third-order valence-electron chi connectivity index (χ3n) is 1.88. The molecule has 86 valence electrons. The third-order valence-corrected chi connectivity index (χ3v) is 2.49. The second kappa shape index (κ2) is 5.18. The molecule has 0 fully saturated rings. The number of rotatable bonds is 3. The zero-order valence-corrected chi connectivity index (χ0v) is 9.92. The molecule has 0 aromatic heterocycles. The Morgan fingerprint density at radius 1 is 1.31 bits per heavy atom. The van der Waals surface area contributed by atoms with Crippen molar-refractivity contribution in [1.82, 2.24) is 0 Å². The largest absolute Gasteiger partial charge is 0.480 e. The molecule has 0 spiro atoms. The van der Waals surface area contributed by atoms with E-state index >= 15 is 0 Å². The molecule has 0 aliphatic carbocycles. The summed E-state index contributed by atoms with van der Waals surface area (Å²) in [5.41, 5.74) is 0.223. The molecule has 4 nitrogen and oxygen atoms in total. The molecule has 1 rings (SSSR count). The molecule has 0 saturated carbocycles. The van der Waals surface area contributed by atoms with Gasteiger partial charge in [0.15, 0.2) is 0 Å². The molecule has 0 bridgehead atoms. The van der Waals surface area contributed by atoms with Crippen molar-refractivity contribution in [1.29, 1.82) is 0 Å². The highest BCUT2D eigenvalue weighted by Gasteiger charge is 2.20. The van der Waals surface area contributed by atoms with Gasteiger partial charge in [0.2, 0.25) is 5.91 Å². The maximum absolute atomic E-state index is 11.3. The first-order valence-electron chi connectivity index (χ1n) is 4.37. The van der Waals surface area contributed by atoms with Crippen LogP contribution in [0.15, 0.2) is 18.2 Å². The Bertz CT molecular complexity index is 414. The molecule has 0 unspecified atom stereocenters. The lowest BCUT2D eigenvalue weighted by molar-refractivity contribution is -0.136. The predicted molar refractivity (Wildman–Crippen MR) is 62.1 cm³/mol. The van der Waals surface area contributed by atoms with Gasteiger partial charge in [-0.1, -0.05) is 29.3 Å². The Morgan fingerprint density at radius 2 is 1.81 bits per heavy atom. The molecular formula is C10H9Cl2NO3. The molecule has 0 saturated heterocycles. The zero-order valence-electron chi connectivity index (χ0n) is 8.41. The van der Waals surface area contributed by atoms with E-state index in [9.17, 15) is 9.59 Å². The average molecular weight is 262 g/mol. The van der Waals surface area contributed by atoms with Gasteiger partial charge < -0.3 is 5.11 Å². The van der Waals surface area contributed by atoms with E-state index in [4.69, 9.17) is 28.3 Å². The molecular weight excluding hydrogens is 253 g/mol. The summed E-state index contributed by atoms with van der Waals surface area (Å²) in [6.45, 7) is 0.779. The topological polar surface area (TPSA) is 57.6 Å². The summed E-state index contributed by atoms with van der Waals surface area (Å²) in [7, 11) is 0. The lowest BCUT2D eigenvalue weighted by Gasteiger charge is -2.21. The normalized spacial score (nSPS) is 9.94. The lowest BCUT2D eigenvalue weighted by Crippen LogP contribution is -2.34. The number of carbonyl (C=O) groups is 2. The van der Waals surface area contributed by atoms with Crippen LogP contribution in [-0.4, -0.2) is 23.5 Å². The molecule has 0 atom stereocenters. The van der Waals surface area contributed by atoms with Crippen LogP contribution in [0.5, 0.6) is 0 Å². The van der Waals surface area contributed by atoms with E-state index in [1.165, 1.54) is 6.92 Å². The van der Waals surface area contributed by atoms with Crippen molar-refractivity contribution < 1.29 is 14.7 Å². The maximum Gasteiger partial charge on any atom is 0.323 e. The van der Waals surface area contributed by atoms with Crippen molar-refractivity contribution in [2.75, 3.05) is 11.4 Å². The highest BCUT2D eigenvalue weighted by molar-refractivity contribution is 6.40. The van der Waals surface area contributed by atoms with Gasteiger partial charge in [0, 0.05) is 6.92 Å². The number of halogens is 2. The molecule has 0 aliphatic heterocycles. The number of carboxylic acid groups (broad SMARTS) is 1. The Kier molecular flexibility index (Phi) is 4.15. The van der Waals surface area contributed by atoms with Crippen molar-refractivity contribution in [2.24, 2.45) is 0 Å². The quantitative estimate of drug-likeness (QED) is 0.910. The molecule has 1 amide bonds. The summed E-state index contributed by atoms with van der Waals surface area (Å²) >= 11 is 11.8. The number of hydrogen-bond donors (Lipinski definition) is 1. The highest BCUT2D eigenvalue weighted by atomic mass is 35.5. The molecule has 1 N–H and O–H groups in total. The Morgan fingerprint density at radius 3 is 2.19 bits per heavy atom. The van der Waals surface area contributed by atoms with Crippen molar-refractivity contribution in [3.05, 3.63) is 28.2 Å². The fraction of sp³-hybridized carbons (Fsp3) is 0.200. The van der Waals surface area contributed by atoms with Gasteiger partial charge in [-0.25, -0.2) is 0 Å². The number of carbonyl (C=O) groups excluding carboxylic acids is 1. The van der Waals surface area contributed by atoms with Gasteiger partial charge in [0.05, 0.1) is 15.7 Å².